The summed E-state index contributed by atoms with van der Waals surface area (Å²) >= 11 is 0. The Morgan fingerprint density at radius 2 is 1.41 bits per heavy atom. The molecule has 0 saturated heterocycles. The van der Waals surface area contributed by atoms with E-state index >= 15 is 0 Å². The van der Waals surface area contributed by atoms with E-state index in [2.05, 4.69) is 0 Å². The average Bonchev–Trinajstić information content (AvgIpc) is 2.87. The number of aryl methyl sites for hydroxylation is 1. The van der Waals surface area contributed by atoms with Gasteiger partial charge in [0.15, 0.2) is 11.6 Å². The van der Waals surface area contributed by atoms with Crippen LogP contribution in [0, 0.1) is 12.7 Å². The lowest BCUT2D eigenvalue weighted by atomic mass is 10.0. The first-order valence-corrected chi connectivity index (χ1v) is 11.3. The van der Waals surface area contributed by atoms with Gasteiger partial charge in [-0.05, 0) is 65.6 Å². The van der Waals surface area contributed by atoms with E-state index in [-0.39, 0.29) is 5.75 Å². The molecule has 3 nitrogen and oxygen atoms in total. The van der Waals surface area contributed by atoms with Crippen molar-refractivity contribution < 1.29 is 18.6 Å². The topological polar surface area (TPSA) is 27.7 Å². The van der Waals surface area contributed by atoms with Gasteiger partial charge >= 0.3 is 0 Å². The summed E-state index contributed by atoms with van der Waals surface area (Å²) in [7, 11) is 0. The van der Waals surface area contributed by atoms with Gasteiger partial charge in [-0.15, -0.1) is 0 Å². The minimum Gasteiger partial charge on any atom is -0.488 e. The molecule has 34 heavy (non-hydrogen) atoms. The van der Waals surface area contributed by atoms with Crippen molar-refractivity contribution in [3.63, 3.8) is 0 Å². The van der Waals surface area contributed by atoms with Gasteiger partial charge in [0, 0.05) is 0 Å². The normalized spacial score (nSPS) is 14.2. The Bertz CT molecular complexity index is 1300. The van der Waals surface area contributed by atoms with Crippen molar-refractivity contribution in [3.8, 4) is 17.2 Å². The highest BCUT2D eigenvalue weighted by molar-refractivity contribution is 5.68. The minimum atomic E-state index is -0.410. The van der Waals surface area contributed by atoms with Crippen molar-refractivity contribution in [1.29, 1.82) is 0 Å². The van der Waals surface area contributed by atoms with E-state index in [9.17, 15) is 4.39 Å². The molecule has 1 aliphatic heterocycles. The molecule has 4 heteroatoms. The van der Waals surface area contributed by atoms with Gasteiger partial charge in [0.05, 0.1) is 5.56 Å². The fourth-order valence-electron chi connectivity index (χ4n) is 3.93. The highest BCUT2D eigenvalue weighted by atomic mass is 19.1. The Labute approximate surface area is 199 Å². The second kappa shape index (κ2) is 9.84. The zero-order chi connectivity index (χ0) is 23.3. The van der Waals surface area contributed by atoms with Crippen molar-refractivity contribution in [2.24, 2.45) is 0 Å². The summed E-state index contributed by atoms with van der Waals surface area (Å²) in [4.78, 5) is 0. The first kappa shape index (κ1) is 21.8. The Hall–Kier alpha value is -4.05. The predicted octanol–water partition coefficient (Wildman–Crippen LogP) is 7.44. The maximum absolute atomic E-state index is 14.8. The zero-order valence-electron chi connectivity index (χ0n) is 18.9. The lowest BCUT2D eigenvalue weighted by Gasteiger charge is -2.24. The third-order valence-electron chi connectivity index (χ3n) is 5.70. The van der Waals surface area contributed by atoms with Gasteiger partial charge in [-0.2, -0.15) is 0 Å². The largest absolute Gasteiger partial charge is 0.488 e. The molecule has 1 aliphatic rings. The Kier molecular flexibility index (Phi) is 6.30. The third-order valence-corrected chi connectivity index (χ3v) is 5.70. The Morgan fingerprint density at radius 3 is 2.06 bits per heavy atom. The van der Waals surface area contributed by atoms with Crippen molar-refractivity contribution in [2.75, 3.05) is 0 Å². The van der Waals surface area contributed by atoms with Crippen LogP contribution in [0.5, 0.6) is 17.2 Å². The number of hydrogen-bond donors (Lipinski definition) is 0. The van der Waals surface area contributed by atoms with Gasteiger partial charge in [-0.1, -0.05) is 66.7 Å². The van der Waals surface area contributed by atoms with E-state index in [0.29, 0.717) is 13.2 Å². The lowest BCUT2D eigenvalue weighted by Crippen LogP contribution is -2.11. The molecule has 0 spiro atoms. The smallest absolute Gasteiger partial charge is 0.165 e. The molecule has 4 aromatic rings. The number of ether oxygens (including phenoxy) is 3. The average molecular weight is 453 g/mol. The van der Waals surface area contributed by atoms with E-state index in [1.165, 1.54) is 6.07 Å². The molecule has 170 valence electrons. The summed E-state index contributed by atoms with van der Waals surface area (Å²) in [5.74, 6) is 1.30. The predicted molar refractivity (Wildman–Crippen MR) is 132 cm³/mol. The first-order chi connectivity index (χ1) is 16.7. The summed E-state index contributed by atoms with van der Waals surface area (Å²) in [6.07, 6.45) is 3.52. The van der Waals surface area contributed by atoms with E-state index in [1.54, 1.807) is 6.07 Å². The first-order valence-electron chi connectivity index (χ1n) is 11.3. The highest BCUT2D eigenvalue weighted by Gasteiger charge is 2.21. The van der Waals surface area contributed by atoms with Gasteiger partial charge < -0.3 is 14.2 Å². The number of rotatable bonds is 7. The van der Waals surface area contributed by atoms with Crippen LogP contribution < -0.4 is 14.2 Å². The third kappa shape index (κ3) is 4.96. The maximum Gasteiger partial charge on any atom is 0.165 e. The molecular formula is C30H25FO3. The molecule has 0 fully saturated rings. The molecule has 0 radical (unpaired) electrons. The van der Waals surface area contributed by atoms with Crippen LogP contribution in [0.15, 0.2) is 97.1 Å². The van der Waals surface area contributed by atoms with Gasteiger partial charge in [-0.25, -0.2) is 4.39 Å². The van der Waals surface area contributed by atoms with Crippen LogP contribution in [-0.2, 0) is 13.2 Å². The van der Waals surface area contributed by atoms with Crippen LogP contribution in [0.25, 0.3) is 6.08 Å². The summed E-state index contributed by atoms with van der Waals surface area (Å²) in [6, 6.07) is 28.7. The monoisotopic (exact) mass is 452 g/mol. The molecular weight excluding hydrogens is 427 g/mol. The molecule has 0 saturated carbocycles. The number of hydrogen-bond acceptors (Lipinski definition) is 3. The second-order valence-corrected chi connectivity index (χ2v) is 8.31. The van der Waals surface area contributed by atoms with E-state index < -0.39 is 11.9 Å². The van der Waals surface area contributed by atoms with E-state index in [4.69, 9.17) is 14.2 Å². The highest BCUT2D eigenvalue weighted by Crippen LogP contribution is 2.39. The summed E-state index contributed by atoms with van der Waals surface area (Å²) in [6.45, 7) is 2.80. The summed E-state index contributed by atoms with van der Waals surface area (Å²) in [5.41, 5.74) is 4.73. The van der Waals surface area contributed by atoms with Crippen molar-refractivity contribution in [3.05, 3.63) is 131 Å². The molecule has 1 unspecified atom stereocenters. The number of halogens is 1. The maximum atomic E-state index is 14.8. The molecule has 0 amide bonds. The summed E-state index contributed by atoms with van der Waals surface area (Å²) < 4.78 is 32.8. The quantitative estimate of drug-likeness (QED) is 0.292. The van der Waals surface area contributed by atoms with Gasteiger partial charge in [-0.3, -0.25) is 0 Å². The van der Waals surface area contributed by atoms with Gasteiger partial charge in [0.1, 0.15) is 30.8 Å². The van der Waals surface area contributed by atoms with Crippen LogP contribution in [0.3, 0.4) is 0 Å². The van der Waals surface area contributed by atoms with Crippen molar-refractivity contribution in [2.45, 2.75) is 26.2 Å². The summed E-state index contributed by atoms with van der Waals surface area (Å²) in [5, 5.41) is 0. The molecule has 0 aromatic heterocycles. The SMILES string of the molecule is Cc1cc(OCc2ccccc2)c2c(c1)OC(c1ccc(OCc3ccccc3)c(F)c1)C=C2. The zero-order valence-corrected chi connectivity index (χ0v) is 18.9. The molecule has 1 atom stereocenters. The van der Waals surface area contributed by atoms with Crippen molar-refractivity contribution in [1.82, 2.24) is 0 Å². The number of benzene rings is 4. The molecule has 0 N–H and O–H groups in total. The standard InChI is InChI=1S/C30H25FO3/c1-21-16-29(33-20-23-10-6-3-7-11-23)25-13-15-27(34-30(25)17-21)24-12-14-28(26(31)18-24)32-19-22-8-4-2-5-9-22/h2-18,27H,19-20H2,1H3. The fraction of sp³-hybridized carbons (Fsp3) is 0.133. The number of fused-ring (bicyclic) bond motifs is 1. The molecule has 0 aliphatic carbocycles. The van der Waals surface area contributed by atoms with Crippen LogP contribution in [0.2, 0.25) is 0 Å². The van der Waals surface area contributed by atoms with Gasteiger partial charge in [0.25, 0.3) is 0 Å². The van der Waals surface area contributed by atoms with Crippen LogP contribution in [0.1, 0.15) is 33.9 Å². The fourth-order valence-corrected chi connectivity index (χ4v) is 3.93. The second-order valence-electron chi connectivity index (χ2n) is 8.31. The van der Waals surface area contributed by atoms with Gasteiger partial charge in [0.2, 0.25) is 0 Å². The van der Waals surface area contributed by atoms with E-state index in [0.717, 1.165) is 39.3 Å². The minimum absolute atomic E-state index is 0.222. The Morgan fingerprint density at radius 1 is 0.765 bits per heavy atom. The van der Waals surface area contributed by atoms with E-state index in [1.807, 2.05) is 97.9 Å². The molecule has 0 bridgehead atoms. The van der Waals surface area contributed by atoms with Crippen LogP contribution >= 0.6 is 0 Å². The van der Waals surface area contributed by atoms with Crippen molar-refractivity contribution >= 4 is 6.08 Å². The van der Waals surface area contributed by atoms with Crippen LogP contribution in [-0.4, -0.2) is 0 Å². The Balaban J connectivity index is 1.30. The molecule has 4 aromatic carbocycles. The molecule has 1 heterocycles. The molecule has 5 rings (SSSR count). The lowest BCUT2D eigenvalue weighted by molar-refractivity contribution is 0.245. The van der Waals surface area contributed by atoms with Crippen LogP contribution in [0.4, 0.5) is 4.39 Å².